The van der Waals surface area contributed by atoms with Gasteiger partial charge in [-0.2, -0.15) is 0 Å². The van der Waals surface area contributed by atoms with E-state index < -0.39 is 5.91 Å². The van der Waals surface area contributed by atoms with Crippen molar-refractivity contribution in [1.82, 2.24) is 0 Å². The molecule has 1 aromatic rings. The van der Waals surface area contributed by atoms with Crippen molar-refractivity contribution < 1.29 is 9.59 Å². The second kappa shape index (κ2) is 5.87. The predicted octanol–water partition coefficient (Wildman–Crippen LogP) is 1.42. The fourth-order valence-electron chi connectivity index (χ4n) is 2.81. The first-order chi connectivity index (χ1) is 9.08. The normalized spacial score (nSPS) is 22.9. The summed E-state index contributed by atoms with van der Waals surface area (Å²) in [7, 11) is 0. The Morgan fingerprint density at radius 1 is 1.21 bits per heavy atom. The van der Waals surface area contributed by atoms with E-state index in [0.29, 0.717) is 11.5 Å². The third-order valence-electron chi connectivity index (χ3n) is 3.95. The summed E-state index contributed by atoms with van der Waals surface area (Å²) in [5.41, 5.74) is 12.1. The standard InChI is InChI=1S/C15H19N2O2/c16-14(18)11-7-5-10(6-8-11)9-12-3-1-2-4-13(12)15(17)19/h1-2,4,10-11H,5-9H2,(H2,16,18)(H2,17,19). The summed E-state index contributed by atoms with van der Waals surface area (Å²) in [5, 5.41) is 0. The highest BCUT2D eigenvalue weighted by molar-refractivity contribution is 5.94. The molecule has 1 aliphatic carbocycles. The lowest BCUT2D eigenvalue weighted by Gasteiger charge is -2.27. The van der Waals surface area contributed by atoms with Gasteiger partial charge in [0.15, 0.2) is 0 Å². The number of hydrogen-bond donors (Lipinski definition) is 2. The van der Waals surface area contributed by atoms with Crippen molar-refractivity contribution in [2.45, 2.75) is 32.1 Å². The topological polar surface area (TPSA) is 86.2 Å². The molecule has 0 spiro atoms. The van der Waals surface area contributed by atoms with Crippen LogP contribution in [0.4, 0.5) is 0 Å². The molecule has 1 fully saturated rings. The van der Waals surface area contributed by atoms with Gasteiger partial charge in [0.25, 0.3) is 0 Å². The number of carbonyl (C=O) groups is 2. The highest BCUT2D eigenvalue weighted by Crippen LogP contribution is 2.31. The zero-order chi connectivity index (χ0) is 13.8. The minimum atomic E-state index is -0.405. The number of primary amides is 2. The van der Waals surface area contributed by atoms with Crippen molar-refractivity contribution in [2.75, 3.05) is 0 Å². The number of benzene rings is 1. The average Bonchev–Trinajstić information content (AvgIpc) is 2.39. The van der Waals surface area contributed by atoms with E-state index in [1.165, 1.54) is 0 Å². The van der Waals surface area contributed by atoms with Crippen molar-refractivity contribution in [3.05, 3.63) is 35.4 Å². The molecule has 0 aliphatic heterocycles. The van der Waals surface area contributed by atoms with Crippen molar-refractivity contribution >= 4 is 11.8 Å². The number of nitrogens with two attached hydrogens (primary N) is 2. The molecule has 0 heterocycles. The van der Waals surface area contributed by atoms with Gasteiger partial charge < -0.3 is 11.5 Å². The first kappa shape index (κ1) is 13.6. The molecular weight excluding hydrogens is 240 g/mol. The zero-order valence-electron chi connectivity index (χ0n) is 10.9. The third kappa shape index (κ3) is 3.34. The first-order valence-corrected chi connectivity index (χ1v) is 6.66. The van der Waals surface area contributed by atoms with Crippen LogP contribution in [0.15, 0.2) is 18.2 Å². The van der Waals surface area contributed by atoms with E-state index in [1.807, 2.05) is 0 Å². The summed E-state index contributed by atoms with van der Waals surface area (Å²) < 4.78 is 0. The summed E-state index contributed by atoms with van der Waals surface area (Å²) in [6, 6.07) is 8.42. The summed E-state index contributed by atoms with van der Waals surface area (Å²) >= 11 is 0. The fourth-order valence-corrected chi connectivity index (χ4v) is 2.81. The molecule has 0 unspecified atom stereocenters. The van der Waals surface area contributed by atoms with Crippen LogP contribution in [0.1, 0.15) is 41.6 Å². The van der Waals surface area contributed by atoms with Gasteiger partial charge >= 0.3 is 0 Å². The van der Waals surface area contributed by atoms with Gasteiger partial charge in [-0.05, 0) is 55.7 Å². The minimum absolute atomic E-state index is 0.0200. The van der Waals surface area contributed by atoms with Crippen molar-refractivity contribution in [1.29, 1.82) is 0 Å². The third-order valence-corrected chi connectivity index (χ3v) is 3.95. The van der Waals surface area contributed by atoms with E-state index >= 15 is 0 Å². The van der Waals surface area contributed by atoms with E-state index in [2.05, 4.69) is 6.07 Å². The van der Waals surface area contributed by atoms with Crippen molar-refractivity contribution in [3.8, 4) is 0 Å². The van der Waals surface area contributed by atoms with E-state index in [-0.39, 0.29) is 11.8 Å². The lowest BCUT2D eigenvalue weighted by Crippen LogP contribution is -2.28. The Labute approximate surface area is 113 Å². The van der Waals surface area contributed by atoms with Crippen LogP contribution in [-0.4, -0.2) is 11.8 Å². The smallest absolute Gasteiger partial charge is 0.248 e. The van der Waals surface area contributed by atoms with Crippen LogP contribution in [0, 0.1) is 17.9 Å². The molecule has 0 saturated heterocycles. The highest BCUT2D eigenvalue weighted by Gasteiger charge is 2.25. The van der Waals surface area contributed by atoms with Crippen molar-refractivity contribution in [2.24, 2.45) is 23.3 Å². The Kier molecular flexibility index (Phi) is 4.20. The Morgan fingerprint density at radius 2 is 1.89 bits per heavy atom. The summed E-state index contributed by atoms with van der Waals surface area (Å²) in [5.74, 6) is -0.0980. The molecule has 4 nitrogen and oxygen atoms in total. The second-order valence-electron chi connectivity index (χ2n) is 5.25. The Hall–Kier alpha value is -1.84. The zero-order valence-corrected chi connectivity index (χ0v) is 10.9. The SMILES string of the molecule is NC(=O)c1ccc[c]c1CC1CCC(C(N)=O)CC1. The quantitative estimate of drug-likeness (QED) is 0.856. The molecule has 1 saturated carbocycles. The maximum absolute atomic E-state index is 11.3. The van der Waals surface area contributed by atoms with Gasteiger partial charge in [-0.15, -0.1) is 0 Å². The van der Waals surface area contributed by atoms with E-state index in [0.717, 1.165) is 37.7 Å². The van der Waals surface area contributed by atoms with Gasteiger partial charge in [0.1, 0.15) is 0 Å². The van der Waals surface area contributed by atoms with Crippen LogP contribution < -0.4 is 11.5 Å². The molecule has 1 aromatic carbocycles. The van der Waals surface area contributed by atoms with Crippen LogP contribution in [0.3, 0.4) is 0 Å². The first-order valence-electron chi connectivity index (χ1n) is 6.66. The molecule has 19 heavy (non-hydrogen) atoms. The maximum Gasteiger partial charge on any atom is 0.248 e. The van der Waals surface area contributed by atoms with Gasteiger partial charge in [0.05, 0.1) is 0 Å². The minimum Gasteiger partial charge on any atom is -0.369 e. The van der Waals surface area contributed by atoms with Crippen LogP contribution in [0.2, 0.25) is 0 Å². The predicted molar refractivity (Wildman–Crippen MR) is 72.1 cm³/mol. The van der Waals surface area contributed by atoms with Gasteiger partial charge in [0, 0.05) is 11.5 Å². The molecule has 0 aromatic heterocycles. The summed E-state index contributed by atoms with van der Waals surface area (Å²) in [6.07, 6.45) is 4.42. The van der Waals surface area contributed by atoms with Crippen LogP contribution in [0.5, 0.6) is 0 Å². The molecule has 4 N–H and O–H groups in total. The van der Waals surface area contributed by atoms with Crippen LogP contribution >= 0.6 is 0 Å². The number of carbonyl (C=O) groups excluding carboxylic acids is 2. The number of amides is 2. The fraction of sp³-hybridized carbons (Fsp3) is 0.467. The monoisotopic (exact) mass is 259 g/mol. The second-order valence-corrected chi connectivity index (χ2v) is 5.25. The van der Waals surface area contributed by atoms with Crippen molar-refractivity contribution in [3.63, 3.8) is 0 Å². The Bertz CT molecular complexity index is 477. The molecule has 2 amide bonds. The Balaban J connectivity index is 2.00. The van der Waals surface area contributed by atoms with Crippen LogP contribution in [0.25, 0.3) is 0 Å². The summed E-state index contributed by atoms with van der Waals surface area (Å²) in [6.45, 7) is 0. The largest absolute Gasteiger partial charge is 0.369 e. The molecule has 1 radical (unpaired) electrons. The number of hydrogen-bond acceptors (Lipinski definition) is 2. The molecule has 2 rings (SSSR count). The van der Waals surface area contributed by atoms with Gasteiger partial charge in [0.2, 0.25) is 11.8 Å². The maximum atomic E-state index is 11.3. The van der Waals surface area contributed by atoms with E-state index in [1.54, 1.807) is 18.2 Å². The van der Waals surface area contributed by atoms with E-state index in [4.69, 9.17) is 11.5 Å². The summed E-state index contributed by atoms with van der Waals surface area (Å²) in [4.78, 5) is 22.5. The lowest BCUT2D eigenvalue weighted by molar-refractivity contribution is -0.122. The number of rotatable bonds is 4. The van der Waals surface area contributed by atoms with Gasteiger partial charge in [-0.1, -0.05) is 12.1 Å². The molecular formula is C15H19N2O2. The average molecular weight is 259 g/mol. The highest BCUT2D eigenvalue weighted by atomic mass is 16.1. The lowest BCUT2D eigenvalue weighted by atomic mass is 9.78. The van der Waals surface area contributed by atoms with Crippen LogP contribution in [-0.2, 0) is 11.2 Å². The molecule has 1 aliphatic rings. The molecule has 0 bridgehead atoms. The van der Waals surface area contributed by atoms with Gasteiger partial charge in [-0.3, -0.25) is 9.59 Å². The Morgan fingerprint density at radius 3 is 2.47 bits per heavy atom. The van der Waals surface area contributed by atoms with E-state index in [9.17, 15) is 9.59 Å². The van der Waals surface area contributed by atoms with Gasteiger partial charge in [-0.25, -0.2) is 0 Å². The molecule has 0 atom stereocenters. The molecule has 101 valence electrons. The molecule has 4 heteroatoms.